The summed E-state index contributed by atoms with van der Waals surface area (Å²) < 4.78 is 32.5. The fourth-order valence-electron chi connectivity index (χ4n) is 6.44. The number of fused-ring (bicyclic) bond motifs is 4. The van der Waals surface area contributed by atoms with Gasteiger partial charge in [0.1, 0.15) is 5.75 Å². The number of H-pyrrole nitrogens is 1. The molecule has 5 rings (SSSR count). The highest BCUT2D eigenvalue weighted by Gasteiger charge is 2.49. The number of nitrogens with zero attached hydrogens (tertiary/aromatic N) is 2. The zero-order chi connectivity index (χ0) is 22.5. The van der Waals surface area contributed by atoms with E-state index >= 15 is 0 Å². The maximum Gasteiger partial charge on any atom is 0.211 e. The van der Waals surface area contributed by atoms with Crippen molar-refractivity contribution in [1.82, 2.24) is 14.2 Å². The Morgan fingerprint density at radius 3 is 2.56 bits per heavy atom. The van der Waals surface area contributed by atoms with Crippen molar-refractivity contribution in [2.75, 3.05) is 46.2 Å². The quantitative estimate of drug-likeness (QED) is 0.715. The Labute approximate surface area is 190 Å². The Morgan fingerprint density at radius 2 is 1.94 bits per heavy atom. The Kier molecular flexibility index (Phi) is 5.76. The number of aliphatic hydroxyl groups is 1. The molecular weight excluding hydrogens is 426 g/mol. The first-order valence-corrected chi connectivity index (χ1v) is 13.7. The average molecular weight is 462 g/mol. The summed E-state index contributed by atoms with van der Waals surface area (Å²) in [4.78, 5) is 6.06. The first-order valence-electron chi connectivity index (χ1n) is 11.8. The van der Waals surface area contributed by atoms with E-state index in [1.54, 1.807) is 7.11 Å². The van der Waals surface area contributed by atoms with Gasteiger partial charge in [0.2, 0.25) is 10.0 Å². The lowest BCUT2D eigenvalue weighted by Crippen LogP contribution is -2.55. The van der Waals surface area contributed by atoms with Crippen molar-refractivity contribution in [3.63, 3.8) is 0 Å². The fourth-order valence-corrected chi connectivity index (χ4v) is 7.55. The number of ether oxygens (including phenoxy) is 1. The number of sulfonamides is 1. The Hall–Kier alpha value is -1.61. The van der Waals surface area contributed by atoms with Gasteiger partial charge >= 0.3 is 0 Å². The van der Waals surface area contributed by atoms with Gasteiger partial charge in [-0.05, 0) is 62.4 Å². The summed E-state index contributed by atoms with van der Waals surface area (Å²) in [5.41, 5.74) is 2.74. The van der Waals surface area contributed by atoms with Crippen LogP contribution in [0.15, 0.2) is 18.2 Å². The summed E-state index contributed by atoms with van der Waals surface area (Å²) in [5.74, 6) is 1.58. The minimum atomic E-state index is -3.47. The topological polar surface area (TPSA) is 85.9 Å². The highest BCUT2D eigenvalue weighted by atomic mass is 32.2. The molecule has 2 N–H and O–H groups in total. The van der Waals surface area contributed by atoms with Gasteiger partial charge in [0.05, 0.1) is 26.0 Å². The molecule has 2 aromatic rings. The second-order valence-electron chi connectivity index (χ2n) is 10.1. The predicted octanol–water partition coefficient (Wildman–Crippen LogP) is 3.01. The van der Waals surface area contributed by atoms with Crippen LogP contribution >= 0.6 is 0 Å². The number of aromatic nitrogens is 1. The zero-order valence-corrected chi connectivity index (χ0v) is 20.0. The number of aliphatic hydroxyl groups excluding tert-OH is 1. The number of nitrogens with one attached hydrogen (secondary N) is 1. The molecule has 1 aromatic heterocycles. The van der Waals surface area contributed by atoms with E-state index in [0.717, 1.165) is 54.2 Å². The van der Waals surface area contributed by atoms with E-state index in [9.17, 15) is 13.5 Å². The van der Waals surface area contributed by atoms with E-state index in [2.05, 4.69) is 16.0 Å². The van der Waals surface area contributed by atoms with Gasteiger partial charge in [-0.2, -0.15) is 4.31 Å². The van der Waals surface area contributed by atoms with Gasteiger partial charge in [-0.25, -0.2) is 8.42 Å². The lowest BCUT2D eigenvalue weighted by atomic mass is 9.69. The molecule has 0 amide bonds. The normalized spacial score (nSPS) is 24.9. The summed E-state index contributed by atoms with van der Waals surface area (Å²) in [6, 6.07) is 5.44. The average Bonchev–Trinajstić information content (AvgIpc) is 3.42. The second kappa shape index (κ2) is 8.31. The third-order valence-corrected chi connectivity index (χ3v) is 9.34. The number of rotatable bonds is 5. The van der Waals surface area contributed by atoms with E-state index in [1.165, 1.54) is 48.4 Å². The molecule has 3 aliphatic rings. The number of piperidine rings is 1. The second-order valence-corrected chi connectivity index (χ2v) is 12.0. The smallest absolute Gasteiger partial charge is 0.211 e. The Morgan fingerprint density at radius 1 is 1.22 bits per heavy atom. The number of aromatic amines is 1. The lowest BCUT2D eigenvalue weighted by Gasteiger charge is -2.49. The number of hydrogen-bond acceptors (Lipinski definition) is 5. The minimum Gasteiger partial charge on any atom is -0.497 e. The fraction of sp³-hybridized carbons (Fsp3) is 0.667. The van der Waals surface area contributed by atoms with Crippen molar-refractivity contribution in [3.05, 3.63) is 29.5 Å². The molecule has 32 heavy (non-hydrogen) atoms. The van der Waals surface area contributed by atoms with Gasteiger partial charge < -0.3 is 19.7 Å². The lowest BCUT2D eigenvalue weighted by molar-refractivity contribution is 0.0896. The summed E-state index contributed by atoms with van der Waals surface area (Å²) in [7, 11) is -1.83. The zero-order valence-electron chi connectivity index (χ0n) is 19.1. The van der Waals surface area contributed by atoms with Crippen LogP contribution in [0.3, 0.4) is 0 Å². The summed E-state index contributed by atoms with van der Waals surface area (Å²) in [6.45, 7) is 3.33. The molecule has 1 saturated carbocycles. The molecular formula is C24H35N3O4S. The maximum atomic E-state index is 12.8. The van der Waals surface area contributed by atoms with Crippen molar-refractivity contribution < 1.29 is 18.3 Å². The summed E-state index contributed by atoms with van der Waals surface area (Å²) in [5, 5.41) is 11.3. The largest absolute Gasteiger partial charge is 0.497 e. The molecule has 7 nitrogen and oxygen atoms in total. The van der Waals surface area contributed by atoms with Crippen molar-refractivity contribution in [2.24, 2.45) is 5.92 Å². The molecule has 2 fully saturated rings. The molecule has 1 aromatic carbocycles. The molecule has 3 heterocycles. The van der Waals surface area contributed by atoms with E-state index in [4.69, 9.17) is 4.74 Å². The number of likely N-dealkylation sites (tertiary alicyclic amines) is 1. The summed E-state index contributed by atoms with van der Waals surface area (Å²) >= 11 is 0. The molecule has 176 valence electrons. The number of benzene rings is 1. The standard InChI is InChI=1S/C24H35N3O4S/c1-31-18-7-8-19-20(13-18)25-23-21(15-28)27(32(2,29)30)16-24(22(19)23)9-11-26(12-10-24)14-17-5-3-4-6-17/h7-8,13,17,21,25,28H,3-6,9-12,14-16H2,1-2H3/t21-/m1/s1. The SMILES string of the molecule is COc1ccc2c3c([nH]c2c1)[C@@H](CO)N(S(C)(=O)=O)CC31CCN(CC2CCCC2)CC1. The third kappa shape index (κ3) is 3.75. The highest BCUT2D eigenvalue weighted by Crippen LogP contribution is 2.49. The van der Waals surface area contributed by atoms with E-state index < -0.39 is 16.1 Å². The first kappa shape index (κ1) is 22.2. The Balaban J connectivity index is 1.55. The van der Waals surface area contributed by atoms with Crippen LogP contribution in [-0.4, -0.2) is 73.9 Å². The molecule has 1 saturated heterocycles. The van der Waals surface area contributed by atoms with Gasteiger partial charge in [0.25, 0.3) is 0 Å². The molecule has 1 aliphatic carbocycles. The van der Waals surface area contributed by atoms with Gasteiger partial charge in [-0.3, -0.25) is 0 Å². The van der Waals surface area contributed by atoms with E-state index in [0.29, 0.717) is 6.54 Å². The van der Waals surface area contributed by atoms with Crippen molar-refractivity contribution in [2.45, 2.75) is 50.0 Å². The first-order chi connectivity index (χ1) is 15.3. The molecule has 0 unspecified atom stereocenters. The van der Waals surface area contributed by atoms with Crippen LogP contribution in [0.5, 0.6) is 5.75 Å². The number of methoxy groups -OCH3 is 1. The molecule has 1 spiro atoms. The monoisotopic (exact) mass is 461 g/mol. The van der Waals surface area contributed by atoms with Crippen molar-refractivity contribution >= 4 is 20.9 Å². The van der Waals surface area contributed by atoms with Crippen LogP contribution < -0.4 is 4.74 Å². The minimum absolute atomic E-state index is 0.242. The predicted molar refractivity (Wildman–Crippen MR) is 126 cm³/mol. The van der Waals surface area contributed by atoms with Gasteiger partial charge in [0.15, 0.2) is 0 Å². The maximum absolute atomic E-state index is 12.8. The van der Waals surface area contributed by atoms with Crippen LogP contribution in [-0.2, 0) is 15.4 Å². The molecule has 2 aliphatic heterocycles. The van der Waals surface area contributed by atoms with E-state index in [1.807, 2.05) is 12.1 Å². The van der Waals surface area contributed by atoms with Crippen LogP contribution in [0.2, 0.25) is 0 Å². The van der Waals surface area contributed by atoms with Gasteiger partial charge in [0, 0.05) is 41.2 Å². The Bertz CT molecular complexity index is 1080. The molecule has 0 radical (unpaired) electrons. The van der Waals surface area contributed by atoms with Crippen molar-refractivity contribution in [3.8, 4) is 5.75 Å². The van der Waals surface area contributed by atoms with Crippen LogP contribution in [0.25, 0.3) is 10.9 Å². The highest BCUT2D eigenvalue weighted by molar-refractivity contribution is 7.88. The van der Waals surface area contributed by atoms with Crippen LogP contribution in [0.4, 0.5) is 0 Å². The molecule has 0 bridgehead atoms. The molecule has 8 heteroatoms. The van der Waals surface area contributed by atoms with Gasteiger partial charge in [-0.1, -0.05) is 12.8 Å². The molecule has 1 atom stereocenters. The summed E-state index contributed by atoms with van der Waals surface area (Å²) in [6.07, 6.45) is 8.51. The van der Waals surface area contributed by atoms with E-state index in [-0.39, 0.29) is 12.0 Å². The third-order valence-electron chi connectivity index (χ3n) is 8.11. The van der Waals surface area contributed by atoms with Gasteiger partial charge in [-0.15, -0.1) is 0 Å². The van der Waals surface area contributed by atoms with Crippen LogP contribution in [0.1, 0.15) is 55.8 Å². The van der Waals surface area contributed by atoms with Crippen LogP contribution in [0, 0.1) is 5.92 Å². The van der Waals surface area contributed by atoms with Crippen molar-refractivity contribution in [1.29, 1.82) is 0 Å². The number of hydrogen-bond donors (Lipinski definition) is 2.